The molecule has 0 spiro atoms. The molecule has 0 fully saturated rings. The molecule has 0 N–H and O–H groups in total. The van der Waals surface area contributed by atoms with Crippen LogP contribution in [0.15, 0.2) is 38.5 Å². The zero-order valence-electron chi connectivity index (χ0n) is 7.36. The third-order valence-electron chi connectivity index (χ3n) is 2.07. The number of nitrogens with zero attached hydrogens (tertiary/aromatic N) is 3. The van der Waals surface area contributed by atoms with E-state index in [4.69, 9.17) is 0 Å². The standard InChI is InChI=1S/C8H5N3O2S2/c12-15(13)7-5-14-4-6(7)8(10-15)11-3-1-2-9-11/h1-5H. The van der Waals surface area contributed by atoms with E-state index in [2.05, 4.69) is 9.50 Å². The zero-order chi connectivity index (χ0) is 10.5. The van der Waals surface area contributed by atoms with Gasteiger partial charge in [-0.05, 0) is 6.07 Å². The Bertz CT molecular complexity index is 637. The van der Waals surface area contributed by atoms with E-state index in [0.717, 1.165) is 0 Å². The Balaban J connectivity index is 2.31. The topological polar surface area (TPSA) is 64.3 Å². The predicted octanol–water partition coefficient (Wildman–Crippen LogP) is 0.942. The molecule has 1 aliphatic rings. The molecule has 15 heavy (non-hydrogen) atoms. The zero-order valence-corrected chi connectivity index (χ0v) is 8.99. The van der Waals surface area contributed by atoms with E-state index in [1.807, 2.05) is 0 Å². The second kappa shape index (κ2) is 2.77. The Kier molecular flexibility index (Phi) is 1.63. The summed E-state index contributed by atoms with van der Waals surface area (Å²) < 4.78 is 28.3. The number of fused-ring (bicyclic) bond motifs is 1. The van der Waals surface area contributed by atoms with Crippen molar-refractivity contribution in [3.63, 3.8) is 0 Å². The highest BCUT2D eigenvalue weighted by atomic mass is 32.2. The van der Waals surface area contributed by atoms with Crippen LogP contribution in [0.1, 0.15) is 5.56 Å². The molecule has 1 aliphatic heterocycles. The minimum absolute atomic E-state index is 0.276. The maximum Gasteiger partial charge on any atom is 0.285 e. The van der Waals surface area contributed by atoms with Gasteiger partial charge in [0.05, 0.1) is 5.56 Å². The molecule has 0 aromatic carbocycles. The molecule has 3 rings (SSSR count). The Morgan fingerprint density at radius 2 is 2.20 bits per heavy atom. The van der Waals surface area contributed by atoms with E-state index in [1.54, 1.807) is 29.2 Å². The summed E-state index contributed by atoms with van der Waals surface area (Å²) in [5.74, 6) is 0.372. The molecule has 5 nitrogen and oxygen atoms in total. The van der Waals surface area contributed by atoms with Crippen LogP contribution in [-0.2, 0) is 10.0 Å². The Morgan fingerprint density at radius 1 is 1.33 bits per heavy atom. The molecular weight excluding hydrogens is 234 g/mol. The first-order valence-electron chi connectivity index (χ1n) is 4.10. The highest BCUT2D eigenvalue weighted by Gasteiger charge is 2.30. The van der Waals surface area contributed by atoms with Crippen LogP contribution in [0.3, 0.4) is 0 Å². The monoisotopic (exact) mass is 239 g/mol. The second-order valence-electron chi connectivity index (χ2n) is 2.99. The third-order valence-corrected chi connectivity index (χ3v) is 4.27. The molecule has 0 aliphatic carbocycles. The number of hydrogen-bond donors (Lipinski definition) is 0. The van der Waals surface area contributed by atoms with Crippen molar-refractivity contribution in [2.75, 3.05) is 0 Å². The first-order valence-corrected chi connectivity index (χ1v) is 6.48. The summed E-state index contributed by atoms with van der Waals surface area (Å²) in [5, 5.41) is 7.32. The average molecular weight is 239 g/mol. The van der Waals surface area contributed by atoms with Crippen molar-refractivity contribution >= 4 is 27.2 Å². The van der Waals surface area contributed by atoms with E-state index < -0.39 is 10.0 Å². The molecule has 0 bridgehead atoms. The van der Waals surface area contributed by atoms with Gasteiger partial charge < -0.3 is 0 Å². The minimum Gasteiger partial charge on any atom is -0.221 e. The first kappa shape index (κ1) is 8.81. The molecule has 0 radical (unpaired) electrons. The van der Waals surface area contributed by atoms with Gasteiger partial charge in [0.15, 0.2) is 5.84 Å². The van der Waals surface area contributed by atoms with Crippen LogP contribution >= 0.6 is 11.3 Å². The summed E-state index contributed by atoms with van der Waals surface area (Å²) in [6, 6.07) is 1.72. The first-order chi connectivity index (χ1) is 7.18. The second-order valence-corrected chi connectivity index (χ2v) is 5.31. The SMILES string of the molecule is O=S1(=O)N=C(n2cccn2)c2cscc21. The van der Waals surface area contributed by atoms with Crippen LogP contribution in [-0.4, -0.2) is 24.0 Å². The lowest BCUT2D eigenvalue weighted by atomic mass is 10.3. The summed E-state index contributed by atoms with van der Waals surface area (Å²) in [6.07, 6.45) is 3.25. The predicted molar refractivity (Wildman–Crippen MR) is 55.7 cm³/mol. The molecule has 3 heterocycles. The van der Waals surface area contributed by atoms with Gasteiger partial charge in [0, 0.05) is 23.2 Å². The molecule has 2 aromatic rings. The van der Waals surface area contributed by atoms with Crippen molar-refractivity contribution in [2.24, 2.45) is 4.40 Å². The minimum atomic E-state index is -3.50. The van der Waals surface area contributed by atoms with Gasteiger partial charge in [0.2, 0.25) is 0 Å². The lowest BCUT2D eigenvalue weighted by molar-refractivity contribution is 0.599. The number of thiophene rings is 1. The molecule has 0 saturated carbocycles. The molecule has 0 amide bonds. The van der Waals surface area contributed by atoms with E-state index in [9.17, 15) is 8.42 Å². The van der Waals surface area contributed by atoms with Crippen LogP contribution in [0.5, 0.6) is 0 Å². The van der Waals surface area contributed by atoms with Crippen molar-refractivity contribution in [1.29, 1.82) is 0 Å². The maximum atomic E-state index is 11.6. The van der Waals surface area contributed by atoms with Crippen molar-refractivity contribution < 1.29 is 8.42 Å². The smallest absolute Gasteiger partial charge is 0.221 e. The van der Waals surface area contributed by atoms with Crippen LogP contribution in [0, 0.1) is 0 Å². The van der Waals surface area contributed by atoms with Gasteiger partial charge >= 0.3 is 0 Å². The van der Waals surface area contributed by atoms with E-state index in [0.29, 0.717) is 11.4 Å². The molecule has 0 unspecified atom stereocenters. The highest BCUT2D eigenvalue weighted by molar-refractivity contribution is 7.91. The number of hydrogen-bond acceptors (Lipinski definition) is 4. The fraction of sp³-hybridized carbons (Fsp3) is 0. The molecule has 7 heteroatoms. The van der Waals surface area contributed by atoms with Gasteiger partial charge in [-0.3, -0.25) is 0 Å². The fourth-order valence-corrected chi connectivity index (χ4v) is 3.77. The molecule has 76 valence electrons. The van der Waals surface area contributed by atoms with Crippen molar-refractivity contribution in [3.05, 3.63) is 34.8 Å². The van der Waals surface area contributed by atoms with Gasteiger partial charge in [-0.2, -0.15) is 24.9 Å². The van der Waals surface area contributed by atoms with Crippen LogP contribution in [0.25, 0.3) is 0 Å². The largest absolute Gasteiger partial charge is 0.285 e. The van der Waals surface area contributed by atoms with Gasteiger partial charge in [0.25, 0.3) is 10.0 Å². The van der Waals surface area contributed by atoms with Gasteiger partial charge in [-0.25, -0.2) is 4.68 Å². The number of aromatic nitrogens is 2. The van der Waals surface area contributed by atoms with Crippen molar-refractivity contribution in [3.8, 4) is 0 Å². The van der Waals surface area contributed by atoms with Crippen LogP contribution < -0.4 is 0 Å². The summed E-state index contributed by atoms with van der Waals surface area (Å²) in [5.41, 5.74) is 0.628. The lowest BCUT2D eigenvalue weighted by Crippen LogP contribution is -2.10. The fourth-order valence-electron chi connectivity index (χ4n) is 1.42. The van der Waals surface area contributed by atoms with Crippen LogP contribution in [0.4, 0.5) is 0 Å². The van der Waals surface area contributed by atoms with Crippen LogP contribution in [0.2, 0.25) is 0 Å². The van der Waals surface area contributed by atoms with Crippen molar-refractivity contribution in [1.82, 2.24) is 9.78 Å². The summed E-state index contributed by atoms with van der Waals surface area (Å²) >= 11 is 1.34. The number of sulfonamides is 1. The molecule has 2 aromatic heterocycles. The summed E-state index contributed by atoms with van der Waals surface area (Å²) in [4.78, 5) is 0.276. The van der Waals surface area contributed by atoms with Gasteiger partial charge in [0.1, 0.15) is 4.90 Å². The maximum absolute atomic E-state index is 11.6. The quantitative estimate of drug-likeness (QED) is 0.687. The Hall–Kier alpha value is -1.47. The van der Waals surface area contributed by atoms with E-state index in [-0.39, 0.29) is 4.90 Å². The Morgan fingerprint density at radius 3 is 2.93 bits per heavy atom. The third kappa shape index (κ3) is 1.17. The van der Waals surface area contributed by atoms with E-state index in [1.165, 1.54) is 16.0 Å². The van der Waals surface area contributed by atoms with Gasteiger partial charge in [-0.15, -0.1) is 4.40 Å². The molecular formula is C8H5N3O2S2. The van der Waals surface area contributed by atoms with E-state index >= 15 is 0 Å². The molecule has 0 atom stereocenters. The normalized spacial score (nSPS) is 17.5. The van der Waals surface area contributed by atoms with Gasteiger partial charge in [-0.1, -0.05) is 0 Å². The molecule has 0 saturated heterocycles. The summed E-state index contributed by atoms with van der Waals surface area (Å²) in [6.45, 7) is 0. The number of rotatable bonds is 0. The van der Waals surface area contributed by atoms with Crippen molar-refractivity contribution in [2.45, 2.75) is 4.90 Å². The lowest BCUT2D eigenvalue weighted by Gasteiger charge is -1.96. The Labute approximate surface area is 89.8 Å². The summed E-state index contributed by atoms with van der Waals surface area (Å²) in [7, 11) is -3.50. The average Bonchev–Trinajstić information content (AvgIpc) is 2.86. The highest BCUT2D eigenvalue weighted by Crippen LogP contribution is 2.29.